The van der Waals surface area contributed by atoms with Crippen LogP contribution in [-0.4, -0.2) is 18.3 Å². The molecule has 0 aromatic heterocycles. The van der Waals surface area contributed by atoms with Crippen LogP contribution in [0.25, 0.3) is 0 Å². The van der Waals surface area contributed by atoms with Gasteiger partial charge in [0.15, 0.2) is 0 Å². The molecule has 1 saturated carbocycles. The van der Waals surface area contributed by atoms with Crippen molar-refractivity contribution in [2.24, 2.45) is 5.41 Å². The summed E-state index contributed by atoms with van der Waals surface area (Å²) in [6.07, 6.45) is 4.92. The molecular formula is C15H18Cl3NO. The van der Waals surface area contributed by atoms with E-state index in [2.05, 4.69) is 5.32 Å². The molecule has 0 bridgehead atoms. The lowest BCUT2D eigenvalue weighted by Crippen LogP contribution is -2.37. The molecule has 2 nitrogen and oxygen atoms in total. The van der Waals surface area contributed by atoms with Crippen molar-refractivity contribution in [2.45, 2.75) is 32.1 Å². The van der Waals surface area contributed by atoms with Crippen molar-refractivity contribution in [3.05, 3.63) is 33.8 Å². The predicted octanol–water partition coefficient (Wildman–Crippen LogP) is 4.45. The van der Waals surface area contributed by atoms with E-state index >= 15 is 0 Å². The molecule has 0 radical (unpaired) electrons. The average Bonchev–Trinajstić information content (AvgIpc) is 2.90. The molecule has 110 valence electrons. The van der Waals surface area contributed by atoms with Gasteiger partial charge in [0.05, 0.1) is 16.5 Å². The van der Waals surface area contributed by atoms with Crippen LogP contribution in [0.5, 0.6) is 0 Å². The highest BCUT2D eigenvalue weighted by atomic mass is 35.5. The molecule has 0 atom stereocenters. The highest BCUT2D eigenvalue weighted by Gasteiger charge is 2.33. The van der Waals surface area contributed by atoms with E-state index in [-0.39, 0.29) is 11.3 Å². The van der Waals surface area contributed by atoms with Gasteiger partial charge in [-0.05, 0) is 30.5 Å². The second-order valence-corrected chi connectivity index (χ2v) is 6.62. The van der Waals surface area contributed by atoms with Gasteiger partial charge in [-0.3, -0.25) is 4.79 Å². The van der Waals surface area contributed by atoms with Crippen LogP contribution in [0.15, 0.2) is 18.2 Å². The number of halogens is 3. The van der Waals surface area contributed by atoms with Gasteiger partial charge < -0.3 is 5.32 Å². The van der Waals surface area contributed by atoms with Gasteiger partial charge >= 0.3 is 0 Å². The summed E-state index contributed by atoms with van der Waals surface area (Å²) in [4.78, 5) is 12.0. The van der Waals surface area contributed by atoms with E-state index in [1.807, 2.05) is 6.07 Å². The summed E-state index contributed by atoms with van der Waals surface area (Å²) in [5, 5.41) is 3.98. The van der Waals surface area contributed by atoms with Crippen LogP contribution < -0.4 is 5.32 Å². The van der Waals surface area contributed by atoms with Gasteiger partial charge in [0.1, 0.15) is 0 Å². The van der Waals surface area contributed by atoms with Gasteiger partial charge in [0, 0.05) is 17.8 Å². The fourth-order valence-electron chi connectivity index (χ4n) is 2.67. The molecule has 0 spiro atoms. The summed E-state index contributed by atoms with van der Waals surface area (Å²) in [6, 6.07) is 5.26. The first-order valence-corrected chi connectivity index (χ1v) is 8.10. The highest BCUT2D eigenvalue weighted by Crippen LogP contribution is 2.38. The Hall–Kier alpha value is -0.440. The number of nitrogens with one attached hydrogen (secondary N) is 1. The van der Waals surface area contributed by atoms with Crippen molar-refractivity contribution in [3.8, 4) is 0 Å². The van der Waals surface area contributed by atoms with Gasteiger partial charge in [0.25, 0.3) is 0 Å². The summed E-state index contributed by atoms with van der Waals surface area (Å²) in [6.45, 7) is 0.663. The topological polar surface area (TPSA) is 29.1 Å². The van der Waals surface area contributed by atoms with E-state index in [1.165, 1.54) is 12.8 Å². The van der Waals surface area contributed by atoms with Crippen molar-refractivity contribution in [1.29, 1.82) is 0 Å². The Morgan fingerprint density at radius 2 is 1.90 bits per heavy atom. The second-order valence-electron chi connectivity index (χ2n) is 5.54. The molecule has 0 aliphatic heterocycles. The molecule has 1 fully saturated rings. The van der Waals surface area contributed by atoms with E-state index in [0.717, 1.165) is 18.4 Å². The van der Waals surface area contributed by atoms with Crippen LogP contribution in [0.2, 0.25) is 10.0 Å². The van der Waals surface area contributed by atoms with Crippen molar-refractivity contribution in [3.63, 3.8) is 0 Å². The molecule has 1 aromatic rings. The number of hydrogen-bond acceptors (Lipinski definition) is 1. The zero-order valence-electron chi connectivity index (χ0n) is 11.2. The number of carbonyl (C=O) groups is 1. The van der Waals surface area contributed by atoms with Crippen molar-refractivity contribution < 1.29 is 4.79 Å². The van der Waals surface area contributed by atoms with Crippen molar-refractivity contribution in [1.82, 2.24) is 5.32 Å². The van der Waals surface area contributed by atoms with E-state index in [0.29, 0.717) is 28.9 Å². The predicted molar refractivity (Wildman–Crippen MR) is 84.8 cm³/mol. The third-order valence-corrected chi connectivity index (χ3v) is 5.26. The molecule has 20 heavy (non-hydrogen) atoms. The van der Waals surface area contributed by atoms with Crippen molar-refractivity contribution in [2.75, 3.05) is 12.4 Å². The summed E-state index contributed by atoms with van der Waals surface area (Å²) < 4.78 is 0. The molecule has 0 unspecified atom stereocenters. The molecular weight excluding hydrogens is 317 g/mol. The third-order valence-electron chi connectivity index (χ3n) is 3.96. The first kappa shape index (κ1) is 15.9. The molecule has 5 heteroatoms. The first-order chi connectivity index (χ1) is 9.54. The number of benzene rings is 1. The van der Waals surface area contributed by atoms with Crippen LogP contribution in [0.4, 0.5) is 0 Å². The molecule has 1 aliphatic carbocycles. The van der Waals surface area contributed by atoms with Gasteiger partial charge in [-0.25, -0.2) is 0 Å². The number of rotatable bonds is 5. The highest BCUT2D eigenvalue weighted by molar-refractivity contribution is 6.42. The maximum Gasteiger partial charge on any atom is 0.224 e. The minimum atomic E-state index is -0.000203. The van der Waals surface area contributed by atoms with E-state index in [9.17, 15) is 4.79 Å². The molecule has 2 rings (SSSR count). The number of amides is 1. The van der Waals surface area contributed by atoms with Crippen LogP contribution in [0.3, 0.4) is 0 Å². The zero-order valence-corrected chi connectivity index (χ0v) is 13.5. The number of alkyl halides is 1. The lowest BCUT2D eigenvalue weighted by molar-refractivity contribution is -0.120. The van der Waals surface area contributed by atoms with Crippen LogP contribution in [-0.2, 0) is 11.2 Å². The lowest BCUT2D eigenvalue weighted by atomic mass is 9.88. The minimum Gasteiger partial charge on any atom is -0.355 e. The Morgan fingerprint density at radius 1 is 1.20 bits per heavy atom. The van der Waals surface area contributed by atoms with Crippen LogP contribution in [0.1, 0.15) is 31.2 Å². The first-order valence-electron chi connectivity index (χ1n) is 6.81. The maximum absolute atomic E-state index is 12.0. The number of carbonyl (C=O) groups excluding carboxylic acids is 1. The second kappa shape index (κ2) is 7.02. The summed E-state index contributed by atoms with van der Waals surface area (Å²) >= 11 is 17.9. The van der Waals surface area contributed by atoms with Gasteiger partial charge in [-0.2, -0.15) is 0 Å². The normalized spacial score (nSPS) is 17.1. The zero-order chi connectivity index (χ0) is 14.6. The molecule has 1 amide bonds. The van der Waals surface area contributed by atoms with Gasteiger partial charge in [-0.15, -0.1) is 11.6 Å². The monoisotopic (exact) mass is 333 g/mol. The van der Waals surface area contributed by atoms with Gasteiger partial charge in [0.2, 0.25) is 5.91 Å². The fourth-order valence-corrected chi connectivity index (χ4v) is 3.35. The third kappa shape index (κ3) is 4.03. The molecule has 0 saturated heterocycles. The maximum atomic E-state index is 12.0. The lowest BCUT2D eigenvalue weighted by Gasteiger charge is -2.26. The molecule has 1 aliphatic rings. The Morgan fingerprint density at radius 3 is 2.50 bits per heavy atom. The summed E-state index contributed by atoms with van der Waals surface area (Å²) in [5.74, 6) is 0.611. The minimum absolute atomic E-state index is 0.000203. The Labute approximate surface area is 134 Å². The number of hydrogen-bond donors (Lipinski definition) is 1. The Bertz CT molecular complexity index is 484. The Balaban J connectivity index is 1.87. The summed E-state index contributed by atoms with van der Waals surface area (Å²) in [7, 11) is 0. The summed E-state index contributed by atoms with van der Waals surface area (Å²) in [5.41, 5.74) is 0.956. The quantitative estimate of drug-likeness (QED) is 0.792. The fraction of sp³-hybridized carbons (Fsp3) is 0.533. The molecule has 0 heterocycles. The standard InChI is InChI=1S/C15H18Cl3NO/c16-9-15(5-1-2-6-15)10-19-14(20)8-11-3-4-12(17)13(18)7-11/h3-4,7H,1-2,5-6,8-10H2,(H,19,20). The van der Waals surface area contributed by atoms with Crippen LogP contribution in [0, 0.1) is 5.41 Å². The molecule has 1 N–H and O–H groups in total. The van der Waals surface area contributed by atoms with E-state index < -0.39 is 0 Å². The van der Waals surface area contributed by atoms with Crippen molar-refractivity contribution >= 4 is 40.7 Å². The molecule has 1 aromatic carbocycles. The van der Waals surface area contributed by atoms with E-state index in [4.69, 9.17) is 34.8 Å². The van der Waals surface area contributed by atoms with E-state index in [1.54, 1.807) is 12.1 Å². The smallest absolute Gasteiger partial charge is 0.224 e. The van der Waals surface area contributed by atoms with Gasteiger partial charge in [-0.1, -0.05) is 42.1 Å². The average molecular weight is 335 g/mol. The SMILES string of the molecule is O=C(Cc1ccc(Cl)c(Cl)c1)NCC1(CCl)CCCC1. The Kier molecular flexibility index (Phi) is 5.59. The largest absolute Gasteiger partial charge is 0.355 e. The van der Waals surface area contributed by atoms with Crippen LogP contribution >= 0.6 is 34.8 Å².